The average Bonchev–Trinajstić information content (AvgIpc) is 2.97. The van der Waals surface area contributed by atoms with Crippen molar-refractivity contribution in [3.63, 3.8) is 0 Å². The summed E-state index contributed by atoms with van der Waals surface area (Å²) in [5.41, 5.74) is 9.30. The number of fused-ring (bicyclic) bond motifs is 5. The number of ether oxygens (including phenoxy) is 1. The summed E-state index contributed by atoms with van der Waals surface area (Å²) >= 11 is 0. The van der Waals surface area contributed by atoms with Crippen molar-refractivity contribution in [3.05, 3.63) is 23.3 Å². The third-order valence-corrected chi connectivity index (χ3v) is 8.16. The van der Waals surface area contributed by atoms with Crippen molar-refractivity contribution in [3.8, 4) is 11.5 Å². The second-order valence-electron chi connectivity index (χ2n) is 9.08. The number of hydrogen-bond acceptors (Lipinski definition) is 3. The molecule has 4 rings (SSSR count). The van der Waals surface area contributed by atoms with Gasteiger partial charge in [0.1, 0.15) is 0 Å². The topological polar surface area (TPSA) is 55.5 Å². The molecule has 3 aliphatic carbocycles. The maximum Gasteiger partial charge on any atom is 0.160 e. The van der Waals surface area contributed by atoms with Gasteiger partial charge in [-0.05, 0) is 103 Å². The molecule has 3 N–H and O–H groups in total. The average molecular weight is 344 g/mol. The minimum Gasteiger partial charge on any atom is -0.504 e. The van der Waals surface area contributed by atoms with Crippen LogP contribution in [0, 0.1) is 29.1 Å². The van der Waals surface area contributed by atoms with Crippen LogP contribution in [0.4, 0.5) is 0 Å². The molecule has 6 atom stereocenters. The highest BCUT2D eigenvalue weighted by Gasteiger charge is 2.55. The molecule has 1 aromatic carbocycles. The van der Waals surface area contributed by atoms with Crippen molar-refractivity contribution in [1.82, 2.24) is 0 Å². The van der Waals surface area contributed by atoms with E-state index < -0.39 is 0 Å². The van der Waals surface area contributed by atoms with E-state index in [0.29, 0.717) is 23.0 Å². The van der Waals surface area contributed by atoms with Gasteiger partial charge in [-0.15, -0.1) is 0 Å². The molecule has 0 radical (unpaired) electrons. The van der Waals surface area contributed by atoms with Crippen LogP contribution in [0.15, 0.2) is 12.1 Å². The van der Waals surface area contributed by atoms with Gasteiger partial charge in [-0.1, -0.05) is 13.8 Å². The minimum absolute atomic E-state index is 0.290. The van der Waals surface area contributed by atoms with Gasteiger partial charge in [-0.25, -0.2) is 0 Å². The summed E-state index contributed by atoms with van der Waals surface area (Å²) in [6.07, 6.45) is 7.68. The number of phenols is 1. The summed E-state index contributed by atoms with van der Waals surface area (Å²) in [5, 5.41) is 10.1. The van der Waals surface area contributed by atoms with Crippen molar-refractivity contribution in [2.24, 2.45) is 34.8 Å². The molecule has 2 fully saturated rings. The van der Waals surface area contributed by atoms with Crippen LogP contribution in [0.25, 0.3) is 0 Å². The van der Waals surface area contributed by atoms with E-state index in [1.54, 1.807) is 7.11 Å². The van der Waals surface area contributed by atoms with Gasteiger partial charge >= 0.3 is 0 Å². The molecular weight excluding hydrogens is 310 g/mol. The third-order valence-electron chi connectivity index (χ3n) is 8.16. The third kappa shape index (κ3) is 2.50. The standard InChI is InChI=1S/C22H33NO2/c1-13(12-23)18-6-7-19-16-5-4-14-10-20(24)21(25-3)11-17(14)15(16)8-9-22(18,19)2/h10-11,13,15-16,18-19,24H,4-9,12,23H2,1-3H3/t13?,15-,16+,18+,19-,22+/m0/s1. The Morgan fingerprint density at radius 2 is 2.08 bits per heavy atom. The molecule has 3 aliphatic rings. The monoisotopic (exact) mass is 343 g/mol. The zero-order valence-corrected chi connectivity index (χ0v) is 15.9. The summed E-state index contributed by atoms with van der Waals surface area (Å²) in [5.74, 6) is 4.61. The maximum absolute atomic E-state index is 10.1. The number of nitrogens with two attached hydrogens (primary N) is 1. The molecule has 1 aromatic rings. The summed E-state index contributed by atoms with van der Waals surface area (Å²) < 4.78 is 5.40. The van der Waals surface area contributed by atoms with Gasteiger partial charge in [0.25, 0.3) is 0 Å². The van der Waals surface area contributed by atoms with Crippen molar-refractivity contribution in [2.45, 2.75) is 58.3 Å². The van der Waals surface area contributed by atoms with Crippen LogP contribution in [-0.4, -0.2) is 18.8 Å². The van der Waals surface area contributed by atoms with Crippen molar-refractivity contribution in [2.75, 3.05) is 13.7 Å². The second kappa shape index (κ2) is 6.19. The Hall–Kier alpha value is -1.22. The number of aromatic hydroxyl groups is 1. The van der Waals surface area contributed by atoms with Gasteiger partial charge in [0.2, 0.25) is 0 Å². The molecule has 0 aliphatic heterocycles. The lowest BCUT2D eigenvalue weighted by molar-refractivity contribution is 0.0127. The number of benzene rings is 1. The quantitative estimate of drug-likeness (QED) is 0.851. The molecule has 25 heavy (non-hydrogen) atoms. The van der Waals surface area contributed by atoms with Gasteiger partial charge < -0.3 is 15.6 Å². The molecule has 1 unspecified atom stereocenters. The summed E-state index contributed by atoms with van der Waals surface area (Å²) in [4.78, 5) is 0. The largest absolute Gasteiger partial charge is 0.504 e. The van der Waals surface area contributed by atoms with Gasteiger partial charge in [0.05, 0.1) is 7.11 Å². The maximum atomic E-state index is 10.1. The van der Waals surface area contributed by atoms with E-state index >= 15 is 0 Å². The molecule has 138 valence electrons. The number of hydrogen-bond donors (Lipinski definition) is 2. The Bertz CT molecular complexity index is 658. The van der Waals surface area contributed by atoms with E-state index in [1.165, 1.54) is 43.2 Å². The van der Waals surface area contributed by atoms with Gasteiger partial charge in [-0.3, -0.25) is 0 Å². The summed E-state index contributed by atoms with van der Waals surface area (Å²) in [6.45, 7) is 5.74. The molecule has 0 amide bonds. The number of phenolic OH excluding ortho intramolecular Hbond substituents is 1. The van der Waals surface area contributed by atoms with E-state index in [4.69, 9.17) is 10.5 Å². The molecular formula is C22H33NO2. The molecule has 2 saturated carbocycles. The Morgan fingerprint density at radius 1 is 1.28 bits per heavy atom. The van der Waals surface area contributed by atoms with E-state index in [9.17, 15) is 5.11 Å². The summed E-state index contributed by atoms with van der Waals surface area (Å²) in [6, 6.07) is 4.07. The molecule has 3 nitrogen and oxygen atoms in total. The first-order chi connectivity index (χ1) is 12.0. The fourth-order valence-electron chi connectivity index (χ4n) is 6.89. The minimum atomic E-state index is 0.290. The molecule has 0 spiro atoms. The van der Waals surface area contributed by atoms with Crippen molar-refractivity contribution in [1.29, 1.82) is 0 Å². The Balaban J connectivity index is 1.66. The van der Waals surface area contributed by atoms with Crippen LogP contribution in [-0.2, 0) is 6.42 Å². The van der Waals surface area contributed by atoms with Crippen LogP contribution >= 0.6 is 0 Å². The van der Waals surface area contributed by atoms with Crippen LogP contribution in [0.5, 0.6) is 11.5 Å². The van der Waals surface area contributed by atoms with E-state index in [0.717, 1.165) is 30.7 Å². The number of methoxy groups -OCH3 is 1. The fourth-order valence-corrected chi connectivity index (χ4v) is 6.89. The summed E-state index contributed by atoms with van der Waals surface area (Å²) in [7, 11) is 1.65. The zero-order valence-electron chi connectivity index (χ0n) is 15.9. The first kappa shape index (κ1) is 17.2. The predicted octanol–water partition coefficient (Wildman–Crippen LogP) is 4.47. The van der Waals surface area contributed by atoms with Crippen LogP contribution in [0.1, 0.15) is 63.0 Å². The van der Waals surface area contributed by atoms with E-state index in [-0.39, 0.29) is 5.75 Å². The Morgan fingerprint density at radius 3 is 2.80 bits per heavy atom. The lowest BCUT2D eigenvalue weighted by Crippen LogP contribution is -2.44. The molecule has 3 heteroatoms. The van der Waals surface area contributed by atoms with E-state index in [2.05, 4.69) is 19.9 Å². The SMILES string of the molecule is COc1cc2c(cc1O)CC[C@@H]1[C@@H]2CC[C@]2(C)[C@@H](C(C)CN)CC[C@@H]12. The van der Waals surface area contributed by atoms with Crippen LogP contribution in [0.3, 0.4) is 0 Å². The smallest absolute Gasteiger partial charge is 0.160 e. The van der Waals surface area contributed by atoms with Gasteiger partial charge in [0.15, 0.2) is 11.5 Å². The first-order valence-electron chi connectivity index (χ1n) is 10.1. The number of aryl methyl sites for hydroxylation is 1. The Kier molecular flexibility index (Phi) is 4.26. The fraction of sp³-hybridized carbons (Fsp3) is 0.727. The van der Waals surface area contributed by atoms with Gasteiger partial charge in [0, 0.05) is 0 Å². The molecule has 0 saturated heterocycles. The van der Waals surface area contributed by atoms with E-state index in [1.807, 2.05) is 6.07 Å². The number of rotatable bonds is 3. The zero-order chi connectivity index (χ0) is 17.8. The normalized spacial score (nSPS) is 37.8. The molecule has 0 heterocycles. The lowest BCUT2D eigenvalue weighted by atomic mass is 9.53. The van der Waals surface area contributed by atoms with Crippen LogP contribution < -0.4 is 10.5 Å². The Labute approximate surface area is 152 Å². The predicted molar refractivity (Wildman–Crippen MR) is 101 cm³/mol. The first-order valence-corrected chi connectivity index (χ1v) is 10.1. The van der Waals surface area contributed by atoms with Crippen molar-refractivity contribution < 1.29 is 9.84 Å². The highest BCUT2D eigenvalue weighted by atomic mass is 16.5. The molecule has 0 aromatic heterocycles. The van der Waals surface area contributed by atoms with Crippen molar-refractivity contribution >= 4 is 0 Å². The highest BCUT2D eigenvalue weighted by Crippen LogP contribution is 2.64. The lowest BCUT2D eigenvalue weighted by Gasteiger charge is -2.52. The van der Waals surface area contributed by atoms with Crippen LogP contribution in [0.2, 0.25) is 0 Å². The molecule has 0 bridgehead atoms. The highest BCUT2D eigenvalue weighted by molar-refractivity contribution is 5.49. The second-order valence-corrected chi connectivity index (χ2v) is 9.08. The van der Waals surface area contributed by atoms with Gasteiger partial charge in [-0.2, -0.15) is 0 Å².